The van der Waals surface area contributed by atoms with Crippen LogP contribution < -0.4 is 5.32 Å². The molecule has 1 fully saturated rings. The molecule has 1 aliphatic rings. The van der Waals surface area contributed by atoms with Gasteiger partial charge in [0.05, 0.1) is 6.20 Å². The zero-order valence-electron chi connectivity index (χ0n) is 10.2. The molecule has 2 rings (SSSR count). The Hall–Kier alpha value is -1.92. The van der Waals surface area contributed by atoms with Crippen molar-refractivity contribution in [3.8, 4) is 0 Å². The lowest BCUT2D eigenvalue weighted by molar-refractivity contribution is -0.122. The highest BCUT2D eigenvalue weighted by Crippen LogP contribution is 2.33. The lowest BCUT2D eigenvalue weighted by Gasteiger charge is -2.12. The van der Waals surface area contributed by atoms with Crippen LogP contribution in [-0.4, -0.2) is 38.0 Å². The third kappa shape index (κ3) is 3.54. The normalized spacial score (nSPS) is 16.3. The molecule has 7 nitrogen and oxygen atoms in total. The Morgan fingerprint density at radius 3 is 2.89 bits per heavy atom. The number of carbonyl (C=O) groups is 2. The van der Waals surface area contributed by atoms with Crippen molar-refractivity contribution in [2.24, 2.45) is 5.92 Å². The molecule has 1 aromatic heterocycles. The van der Waals surface area contributed by atoms with Gasteiger partial charge in [-0.05, 0) is 19.3 Å². The van der Waals surface area contributed by atoms with E-state index in [2.05, 4.69) is 15.6 Å². The highest BCUT2D eigenvalue weighted by molar-refractivity contribution is 5.84. The Morgan fingerprint density at radius 1 is 1.61 bits per heavy atom. The molecular formula is C11H16N4O3. The van der Waals surface area contributed by atoms with E-state index in [1.807, 2.05) is 6.92 Å². The largest absolute Gasteiger partial charge is 0.476 e. The minimum atomic E-state index is -1.15. The van der Waals surface area contributed by atoms with Gasteiger partial charge in [0.25, 0.3) is 0 Å². The van der Waals surface area contributed by atoms with Crippen LogP contribution in [0.4, 0.5) is 0 Å². The number of carboxylic acids is 1. The number of rotatable bonds is 6. The molecule has 2 N–H and O–H groups in total. The summed E-state index contributed by atoms with van der Waals surface area (Å²) in [6.07, 6.45) is 4.76. The van der Waals surface area contributed by atoms with E-state index < -0.39 is 5.97 Å². The quantitative estimate of drug-likeness (QED) is 0.758. The van der Waals surface area contributed by atoms with Crippen molar-refractivity contribution in [1.82, 2.24) is 20.3 Å². The van der Waals surface area contributed by atoms with Gasteiger partial charge in [0.15, 0.2) is 5.69 Å². The number of nitrogens with zero attached hydrogens (tertiary/aromatic N) is 3. The van der Waals surface area contributed by atoms with Gasteiger partial charge in [-0.2, -0.15) is 0 Å². The van der Waals surface area contributed by atoms with Gasteiger partial charge < -0.3 is 10.4 Å². The van der Waals surface area contributed by atoms with E-state index in [1.54, 1.807) is 0 Å². The van der Waals surface area contributed by atoms with E-state index in [-0.39, 0.29) is 24.2 Å². The first-order valence-corrected chi connectivity index (χ1v) is 5.97. The lowest BCUT2D eigenvalue weighted by Crippen LogP contribution is -2.35. The third-order valence-electron chi connectivity index (χ3n) is 2.85. The van der Waals surface area contributed by atoms with Gasteiger partial charge in [0.1, 0.15) is 6.54 Å². The molecule has 18 heavy (non-hydrogen) atoms. The van der Waals surface area contributed by atoms with Gasteiger partial charge in [-0.3, -0.25) is 4.79 Å². The van der Waals surface area contributed by atoms with Crippen LogP contribution in [0.25, 0.3) is 0 Å². The summed E-state index contributed by atoms with van der Waals surface area (Å²) >= 11 is 0. The summed E-state index contributed by atoms with van der Waals surface area (Å²) in [5, 5.41) is 18.6. The Labute approximate surface area is 104 Å². The predicted molar refractivity (Wildman–Crippen MR) is 61.9 cm³/mol. The summed E-state index contributed by atoms with van der Waals surface area (Å²) in [6.45, 7) is 1.97. The molecule has 1 unspecified atom stereocenters. The smallest absolute Gasteiger partial charge is 0.358 e. The van der Waals surface area contributed by atoms with Gasteiger partial charge in [-0.15, -0.1) is 5.10 Å². The van der Waals surface area contributed by atoms with Gasteiger partial charge in [0.2, 0.25) is 5.91 Å². The number of amides is 1. The molecule has 1 amide bonds. The Bertz CT molecular complexity index is 453. The van der Waals surface area contributed by atoms with Gasteiger partial charge in [0, 0.05) is 6.04 Å². The minimum absolute atomic E-state index is 0.00468. The second-order valence-electron chi connectivity index (χ2n) is 4.75. The van der Waals surface area contributed by atoms with Gasteiger partial charge in [-0.1, -0.05) is 18.1 Å². The molecule has 0 aromatic carbocycles. The van der Waals surface area contributed by atoms with Crippen molar-refractivity contribution < 1.29 is 14.7 Å². The van der Waals surface area contributed by atoms with Crippen LogP contribution in [0.2, 0.25) is 0 Å². The van der Waals surface area contributed by atoms with E-state index in [9.17, 15) is 9.59 Å². The van der Waals surface area contributed by atoms with Crippen LogP contribution in [0.5, 0.6) is 0 Å². The molecule has 0 radical (unpaired) electrons. The first kappa shape index (κ1) is 12.5. The van der Waals surface area contributed by atoms with Crippen molar-refractivity contribution in [3.63, 3.8) is 0 Å². The Kier molecular flexibility index (Phi) is 3.59. The molecule has 1 heterocycles. The van der Waals surface area contributed by atoms with Crippen LogP contribution in [0.1, 0.15) is 36.7 Å². The molecule has 1 aromatic rings. The number of nitrogens with one attached hydrogen (secondary N) is 1. The molecule has 0 aliphatic heterocycles. The van der Waals surface area contributed by atoms with E-state index >= 15 is 0 Å². The third-order valence-corrected chi connectivity index (χ3v) is 2.85. The zero-order chi connectivity index (χ0) is 13.1. The summed E-state index contributed by atoms with van der Waals surface area (Å²) in [4.78, 5) is 22.2. The lowest BCUT2D eigenvalue weighted by atomic mass is 10.1. The maximum absolute atomic E-state index is 11.7. The summed E-state index contributed by atoms with van der Waals surface area (Å²) < 4.78 is 1.22. The van der Waals surface area contributed by atoms with Crippen molar-refractivity contribution >= 4 is 11.9 Å². The van der Waals surface area contributed by atoms with Crippen molar-refractivity contribution in [2.45, 2.75) is 38.8 Å². The maximum Gasteiger partial charge on any atom is 0.358 e. The fourth-order valence-corrected chi connectivity index (χ4v) is 1.85. The van der Waals surface area contributed by atoms with Gasteiger partial charge in [-0.25, -0.2) is 9.48 Å². The molecule has 0 saturated heterocycles. The molecular weight excluding hydrogens is 236 g/mol. The van der Waals surface area contributed by atoms with Gasteiger partial charge >= 0.3 is 5.97 Å². The average Bonchev–Trinajstić information content (AvgIpc) is 2.93. The fourth-order valence-electron chi connectivity index (χ4n) is 1.85. The molecule has 1 atom stereocenters. The van der Waals surface area contributed by atoms with Crippen LogP contribution in [0, 0.1) is 5.92 Å². The van der Waals surface area contributed by atoms with Crippen LogP contribution in [0.15, 0.2) is 6.20 Å². The molecule has 1 aliphatic carbocycles. The molecule has 0 bridgehead atoms. The van der Waals surface area contributed by atoms with Crippen LogP contribution in [0.3, 0.4) is 0 Å². The van der Waals surface area contributed by atoms with Crippen LogP contribution in [-0.2, 0) is 11.3 Å². The maximum atomic E-state index is 11.7. The SMILES string of the molecule is CC(CC1CC1)NC(=O)Cn1cc(C(=O)O)nn1. The van der Waals surface area contributed by atoms with Crippen molar-refractivity contribution in [1.29, 1.82) is 0 Å². The average molecular weight is 252 g/mol. The monoisotopic (exact) mass is 252 g/mol. The summed E-state index contributed by atoms with van der Waals surface area (Å²) in [5.74, 6) is -0.570. The topological polar surface area (TPSA) is 97.1 Å². The number of aromatic nitrogens is 3. The van der Waals surface area contributed by atoms with E-state index in [0.29, 0.717) is 0 Å². The number of carboxylic acid groups (broad SMARTS) is 1. The van der Waals surface area contributed by atoms with Crippen LogP contribution >= 0.6 is 0 Å². The summed E-state index contributed by atoms with van der Waals surface area (Å²) in [7, 11) is 0. The fraction of sp³-hybridized carbons (Fsp3) is 0.636. The number of carbonyl (C=O) groups excluding carboxylic acids is 1. The zero-order valence-corrected chi connectivity index (χ0v) is 10.2. The predicted octanol–water partition coefficient (Wildman–Crippen LogP) is 0.281. The second-order valence-corrected chi connectivity index (χ2v) is 4.75. The molecule has 1 saturated carbocycles. The van der Waals surface area contributed by atoms with Crippen molar-refractivity contribution in [3.05, 3.63) is 11.9 Å². The number of hydrogen-bond acceptors (Lipinski definition) is 4. The Morgan fingerprint density at radius 2 is 2.33 bits per heavy atom. The van der Waals surface area contributed by atoms with E-state index in [0.717, 1.165) is 12.3 Å². The minimum Gasteiger partial charge on any atom is -0.476 e. The number of aromatic carboxylic acids is 1. The Balaban J connectivity index is 1.80. The standard InChI is InChI=1S/C11H16N4O3/c1-7(4-8-2-3-8)12-10(16)6-15-5-9(11(17)18)13-14-15/h5,7-8H,2-4,6H2,1H3,(H,12,16)(H,17,18). The van der Waals surface area contributed by atoms with E-state index in [4.69, 9.17) is 5.11 Å². The second kappa shape index (κ2) is 5.16. The number of hydrogen-bond donors (Lipinski definition) is 2. The summed E-state index contributed by atoms with van der Waals surface area (Å²) in [6, 6.07) is 0.146. The summed E-state index contributed by atoms with van der Waals surface area (Å²) in [5.41, 5.74) is -0.158. The first-order valence-electron chi connectivity index (χ1n) is 5.97. The highest BCUT2D eigenvalue weighted by atomic mass is 16.4. The first-order chi connectivity index (χ1) is 8.54. The molecule has 0 spiro atoms. The van der Waals surface area contributed by atoms with Crippen molar-refractivity contribution in [2.75, 3.05) is 0 Å². The van der Waals surface area contributed by atoms with E-state index in [1.165, 1.54) is 23.7 Å². The highest BCUT2D eigenvalue weighted by Gasteiger charge is 2.24. The molecule has 98 valence electrons. The molecule has 7 heteroatoms.